The molecule has 0 aromatic heterocycles. The summed E-state index contributed by atoms with van der Waals surface area (Å²) in [6, 6.07) is 7.62. The molecule has 1 aromatic rings. The van der Waals surface area contributed by atoms with Crippen molar-refractivity contribution in [2.75, 3.05) is 13.2 Å². The molecule has 1 saturated heterocycles. The molecule has 4 heteroatoms. The molecule has 110 valence electrons. The highest BCUT2D eigenvalue weighted by Gasteiger charge is 2.30. The van der Waals surface area contributed by atoms with Crippen molar-refractivity contribution < 1.29 is 14.6 Å². The van der Waals surface area contributed by atoms with Crippen molar-refractivity contribution in [3.05, 3.63) is 29.8 Å². The molecule has 4 nitrogen and oxygen atoms in total. The van der Waals surface area contributed by atoms with Gasteiger partial charge in [0, 0.05) is 13.5 Å². The number of carbonyl (C=O) groups is 1. The number of nitrogens with zero attached hydrogens (tertiary/aromatic N) is 1. The Balaban J connectivity index is 1.91. The van der Waals surface area contributed by atoms with Crippen LogP contribution < -0.4 is 4.74 Å². The topological polar surface area (TPSA) is 49.8 Å². The molecule has 0 bridgehead atoms. The lowest BCUT2D eigenvalue weighted by Gasteiger charge is -2.37. The highest BCUT2D eigenvalue weighted by molar-refractivity contribution is 5.73. The maximum absolute atomic E-state index is 11.6. The van der Waals surface area contributed by atoms with Gasteiger partial charge in [0.05, 0.1) is 6.04 Å². The fraction of sp³-hybridized carbons (Fsp3) is 0.562. The summed E-state index contributed by atoms with van der Waals surface area (Å²) < 4.78 is 5.62. The summed E-state index contributed by atoms with van der Waals surface area (Å²) in [5, 5.41) is 10.3. The Hall–Kier alpha value is -1.55. The molecule has 2 rings (SSSR count). The van der Waals surface area contributed by atoms with Gasteiger partial charge in [0.2, 0.25) is 5.91 Å². The molecule has 1 aliphatic heterocycles. The van der Waals surface area contributed by atoms with Crippen molar-refractivity contribution in [3.63, 3.8) is 0 Å². The van der Waals surface area contributed by atoms with Crippen LogP contribution in [0.4, 0.5) is 0 Å². The summed E-state index contributed by atoms with van der Waals surface area (Å²) in [5.41, 5.74) is 1.17. The van der Waals surface area contributed by atoms with Crippen LogP contribution in [0.2, 0.25) is 0 Å². The van der Waals surface area contributed by atoms with E-state index in [0.29, 0.717) is 0 Å². The molecular formula is C16H23NO3. The van der Waals surface area contributed by atoms with Crippen molar-refractivity contribution >= 4 is 5.91 Å². The lowest BCUT2D eigenvalue weighted by atomic mass is 9.97. The first kappa shape index (κ1) is 14.9. The van der Waals surface area contributed by atoms with Crippen LogP contribution in [0.5, 0.6) is 5.75 Å². The minimum Gasteiger partial charge on any atom is -0.491 e. The lowest BCUT2D eigenvalue weighted by molar-refractivity contribution is -0.136. The maximum Gasteiger partial charge on any atom is 0.219 e. The number of rotatable bonds is 4. The first-order valence-electron chi connectivity index (χ1n) is 7.22. The van der Waals surface area contributed by atoms with E-state index in [0.717, 1.165) is 31.6 Å². The molecule has 0 saturated carbocycles. The lowest BCUT2D eigenvalue weighted by Crippen LogP contribution is -2.50. The van der Waals surface area contributed by atoms with E-state index in [1.54, 1.807) is 11.8 Å². The van der Waals surface area contributed by atoms with E-state index in [1.807, 2.05) is 31.2 Å². The predicted molar refractivity (Wildman–Crippen MR) is 77.7 cm³/mol. The van der Waals surface area contributed by atoms with Gasteiger partial charge in [-0.05, 0) is 38.3 Å². The van der Waals surface area contributed by atoms with E-state index in [-0.39, 0.29) is 18.6 Å². The van der Waals surface area contributed by atoms with Gasteiger partial charge < -0.3 is 14.7 Å². The Morgan fingerprint density at radius 2 is 2.10 bits per heavy atom. The van der Waals surface area contributed by atoms with Crippen LogP contribution in [0.1, 0.15) is 31.7 Å². The van der Waals surface area contributed by atoms with Crippen molar-refractivity contribution in [1.82, 2.24) is 4.90 Å². The summed E-state index contributed by atoms with van der Waals surface area (Å²) in [7, 11) is 0. The number of aryl methyl sites for hydroxylation is 1. The molecule has 1 amide bonds. The molecule has 20 heavy (non-hydrogen) atoms. The summed E-state index contributed by atoms with van der Waals surface area (Å²) in [6.07, 6.45) is 2.27. The molecule has 1 aliphatic rings. The van der Waals surface area contributed by atoms with E-state index >= 15 is 0 Å². The number of likely N-dealkylation sites (tertiary alicyclic amines) is 1. The molecule has 1 N–H and O–H groups in total. The number of hydrogen-bond donors (Lipinski definition) is 1. The van der Waals surface area contributed by atoms with Gasteiger partial charge in [-0.3, -0.25) is 4.79 Å². The number of carbonyl (C=O) groups excluding carboxylic acids is 1. The third-order valence-corrected chi connectivity index (χ3v) is 3.84. The molecule has 1 fully saturated rings. The number of aliphatic hydroxyl groups is 1. The van der Waals surface area contributed by atoms with E-state index < -0.39 is 6.10 Å². The standard InChI is InChI=1S/C16H23NO3/c1-12-6-8-14(9-7-12)20-11-16(19)15-5-3-4-10-17(15)13(2)18/h6-9,15-16,19H,3-5,10-11H2,1-2H3/t15-,16+/m0/s1. The van der Waals surface area contributed by atoms with Gasteiger partial charge in [-0.2, -0.15) is 0 Å². The number of benzene rings is 1. The number of aliphatic hydroxyl groups excluding tert-OH is 1. The smallest absolute Gasteiger partial charge is 0.219 e. The fourth-order valence-electron chi connectivity index (χ4n) is 2.68. The second kappa shape index (κ2) is 6.75. The minimum absolute atomic E-state index is 0.0316. The van der Waals surface area contributed by atoms with E-state index in [1.165, 1.54) is 5.56 Å². The molecule has 0 unspecified atom stereocenters. The van der Waals surface area contributed by atoms with Gasteiger partial charge >= 0.3 is 0 Å². The molecule has 1 aromatic carbocycles. The van der Waals surface area contributed by atoms with Gasteiger partial charge in [-0.25, -0.2) is 0 Å². The Morgan fingerprint density at radius 1 is 1.40 bits per heavy atom. The summed E-state index contributed by atoms with van der Waals surface area (Å²) in [5.74, 6) is 0.781. The third kappa shape index (κ3) is 3.73. The first-order valence-corrected chi connectivity index (χ1v) is 7.22. The quantitative estimate of drug-likeness (QED) is 0.917. The van der Waals surface area contributed by atoms with Gasteiger partial charge in [0.25, 0.3) is 0 Å². The molecule has 1 heterocycles. The van der Waals surface area contributed by atoms with Crippen LogP contribution in [0, 0.1) is 6.92 Å². The van der Waals surface area contributed by atoms with Crippen LogP contribution in [0.15, 0.2) is 24.3 Å². The average Bonchev–Trinajstić information content (AvgIpc) is 2.46. The van der Waals surface area contributed by atoms with Crippen LogP contribution in [-0.2, 0) is 4.79 Å². The van der Waals surface area contributed by atoms with Crippen LogP contribution in [-0.4, -0.2) is 41.2 Å². The normalized spacial score (nSPS) is 20.6. The number of amides is 1. The fourth-order valence-corrected chi connectivity index (χ4v) is 2.68. The Bertz CT molecular complexity index is 444. The Morgan fingerprint density at radius 3 is 2.75 bits per heavy atom. The van der Waals surface area contributed by atoms with E-state index in [9.17, 15) is 9.90 Å². The van der Waals surface area contributed by atoms with Crippen LogP contribution in [0.25, 0.3) is 0 Å². The predicted octanol–water partition coefficient (Wildman–Crippen LogP) is 2.14. The molecule has 0 aliphatic carbocycles. The summed E-state index contributed by atoms with van der Waals surface area (Å²) >= 11 is 0. The highest BCUT2D eigenvalue weighted by Crippen LogP contribution is 2.21. The van der Waals surface area contributed by atoms with E-state index in [4.69, 9.17) is 4.74 Å². The third-order valence-electron chi connectivity index (χ3n) is 3.84. The monoisotopic (exact) mass is 277 g/mol. The minimum atomic E-state index is -0.638. The van der Waals surface area contributed by atoms with Crippen molar-refractivity contribution in [2.24, 2.45) is 0 Å². The van der Waals surface area contributed by atoms with E-state index in [2.05, 4.69) is 0 Å². The summed E-state index contributed by atoms with van der Waals surface area (Å²) in [4.78, 5) is 13.4. The molecule has 0 spiro atoms. The largest absolute Gasteiger partial charge is 0.491 e. The molecule has 2 atom stereocenters. The zero-order valence-electron chi connectivity index (χ0n) is 12.2. The van der Waals surface area contributed by atoms with Gasteiger partial charge in [0.1, 0.15) is 18.5 Å². The van der Waals surface area contributed by atoms with Gasteiger partial charge in [0.15, 0.2) is 0 Å². The maximum atomic E-state index is 11.6. The van der Waals surface area contributed by atoms with Gasteiger partial charge in [-0.15, -0.1) is 0 Å². The number of ether oxygens (including phenoxy) is 1. The Kier molecular flexibility index (Phi) is 5.01. The van der Waals surface area contributed by atoms with Gasteiger partial charge in [-0.1, -0.05) is 17.7 Å². The van der Waals surface area contributed by atoms with Crippen LogP contribution >= 0.6 is 0 Å². The van der Waals surface area contributed by atoms with Crippen LogP contribution in [0.3, 0.4) is 0 Å². The van der Waals surface area contributed by atoms with Crippen molar-refractivity contribution in [2.45, 2.75) is 45.3 Å². The average molecular weight is 277 g/mol. The highest BCUT2D eigenvalue weighted by atomic mass is 16.5. The second-order valence-corrected chi connectivity index (χ2v) is 5.47. The summed E-state index contributed by atoms with van der Waals surface area (Å²) in [6.45, 7) is 4.54. The second-order valence-electron chi connectivity index (χ2n) is 5.47. The SMILES string of the molecule is CC(=O)N1CCCC[C@H]1[C@H](O)COc1ccc(C)cc1. The number of hydrogen-bond acceptors (Lipinski definition) is 3. The van der Waals surface area contributed by atoms with Crippen molar-refractivity contribution in [1.29, 1.82) is 0 Å². The van der Waals surface area contributed by atoms with Crippen molar-refractivity contribution in [3.8, 4) is 5.75 Å². The zero-order valence-corrected chi connectivity index (χ0v) is 12.2. The molecular weight excluding hydrogens is 254 g/mol. The number of piperidine rings is 1. The Labute approximate surface area is 120 Å². The zero-order chi connectivity index (χ0) is 14.5. The molecule has 0 radical (unpaired) electrons. The first-order chi connectivity index (χ1) is 9.58.